The Morgan fingerprint density at radius 2 is 1.83 bits per heavy atom. The third kappa shape index (κ3) is 4.05. The number of carbonyl (C=O) groups excluding carboxylic acids is 1. The Labute approximate surface area is 140 Å². The van der Waals surface area contributed by atoms with Crippen LogP contribution in [-0.2, 0) is 11.2 Å². The Morgan fingerprint density at radius 3 is 2.48 bits per heavy atom. The molecular formula is C19H29N3O. The molecule has 1 atom stereocenters. The zero-order chi connectivity index (χ0) is 16.2. The van der Waals surface area contributed by atoms with Gasteiger partial charge in [0.05, 0.1) is 0 Å². The standard InChI is InChI=1S/C19H29N3O/c1-20(2)17-8-5-16(6-9-17)7-10-19(23)22-14-11-18(15-22)21-12-3-4-13-21/h5-6,8-9,18H,3-4,7,10-15H2,1-2H3. The summed E-state index contributed by atoms with van der Waals surface area (Å²) in [7, 11) is 4.09. The number of hydrogen-bond donors (Lipinski definition) is 0. The highest BCUT2D eigenvalue weighted by atomic mass is 16.2. The fraction of sp³-hybridized carbons (Fsp3) is 0.632. The average Bonchev–Trinajstić information content (AvgIpc) is 3.23. The van der Waals surface area contributed by atoms with Crippen molar-refractivity contribution < 1.29 is 4.79 Å². The van der Waals surface area contributed by atoms with E-state index in [2.05, 4.69) is 39.0 Å². The van der Waals surface area contributed by atoms with Crippen molar-refractivity contribution in [2.45, 2.75) is 38.1 Å². The van der Waals surface area contributed by atoms with Gasteiger partial charge in [-0.3, -0.25) is 9.69 Å². The van der Waals surface area contributed by atoms with Crippen molar-refractivity contribution in [3.8, 4) is 0 Å². The van der Waals surface area contributed by atoms with Crippen molar-refractivity contribution in [1.29, 1.82) is 0 Å². The predicted molar refractivity (Wildman–Crippen MR) is 94.9 cm³/mol. The largest absolute Gasteiger partial charge is 0.378 e. The van der Waals surface area contributed by atoms with Crippen LogP contribution in [0.4, 0.5) is 5.69 Å². The van der Waals surface area contributed by atoms with E-state index in [1.54, 1.807) is 0 Å². The first kappa shape index (κ1) is 16.3. The van der Waals surface area contributed by atoms with Crippen LogP contribution in [0.25, 0.3) is 0 Å². The van der Waals surface area contributed by atoms with Crippen LogP contribution in [0, 0.1) is 0 Å². The van der Waals surface area contributed by atoms with Gasteiger partial charge in [-0.25, -0.2) is 0 Å². The van der Waals surface area contributed by atoms with Gasteiger partial charge in [0, 0.05) is 45.3 Å². The number of likely N-dealkylation sites (tertiary alicyclic amines) is 2. The fourth-order valence-electron chi connectivity index (χ4n) is 3.74. The van der Waals surface area contributed by atoms with Gasteiger partial charge in [-0.2, -0.15) is 0 Å². The number of hydrogen-bond acceptors (Lipinski definition) is 3. The van der Waals surface area contributed by atoms with E-state index in [0.717, 1.165) is 25.9 Å². The van der Waals surface area contributed by atoms with Crippen molar-refractivity contribution in [2.24, 2.45) is 0 Å². The lowest BCUT2D eigenvalue weighted by atomic mass is 10.1. The second kappa shape index (κ2) is 7.35. The molecule has 0 spiro atoms. The van der Waals surface area contributed by atoms with Gasteiger partial charge in [0.25, 0.3) is 0 Å². The van der Waals surface area contributed by atoms with Gasteiger partial charge < -0.3 is 9.80 Å². The molecule has 1 unspecified atom stereocenters. The number of rotatable bonds is 5. The van der Waals surface area contributed by atoms with Crippen molar-refractivity contribution in [3.05, 3.63) is 29.8 Å². The summed E-state index contributed by atoms with van der Waals surface area (Å²) >= 11 is 0. The van der Waals surface area contributed by atoms with Crippen LogP contribution in [-0.4, -0.2) is 62.0 Å². The number of benzene rings is 1. The first-order valence-corrected chi connectivity index (χ1v) is 8.91. The third-order valence-electron chi connectivity index (χ3n) is 5.25. The molecule has 0 saturated carbocycles. The van der Waals surface area contributed by atoms with E-state index < -0.39 is 0 Å². The maximum Gasteiger partial charge on any atom is 0.222 e. The molecule has 2 aliphatic heterocycles. The van der Waals surface area contributed by atoms with E-state index in [0.29, 0.717) is 18.4 Å². The molecule has 1 aromatic rings. The minimum Gasteiger partial charge on any atom is -0.378 e. The van der Waals surface area contributed by atoms with Crippen LogP contribution in [0.15, 0.2) is 24.3 Å². The topological polar surface area (TPSA) is 26.8 Å². The van der Waals surface area contributed by atoms with Crippen LogP contribution in [0.1, 0.15) is 31.2 Å². The van der Waals surface area contributed by atoms with Gasteiger partial charge in [-0.1, -0.05) is 12.1 Å². The van der Waals surface area contributed by atoms with E-state index >= 15 is 0 Å². The highest BCUT2D eigenvalue weighted by Crippen LogP contribution is 2.21. The molecule has 2 saturated heterocycles. The highest BCUT2D eigenvalue weighted by molar-refractivity contribution is 5.76. The summed E-state index contributed by atoms with van der Waals surface area (Å²) in [5.74, 6) is 0.323. The molecule has 0 radical (unpaired) electrons. The Balaban J connectivity index is 1.46. The number of nitrogens with zero attached hydrogens (tertiary/aromatic N) is 3. The summed E-state index contributed by atoms with van der Waals surface area (Å²) < 4.78 is 0. The molecule has 2 fully saturated rings. The molecule has 2 aliphatic rings. The maximum absolute atomic E-state index is 12.5. The smallest absolute Gasteiger partial charge is 0.222 e. The Bertz CT molecular complexity index is 520. The normalized spacial score (nSPS) is 21.8. The van der Waals surface area contributed by atoms with E-state index in [9.17, 15) is 4.79 Å². The summed E-state index contributed by atoms with van der Waals surface area (Å²) in [4.78, 5) is 19.2. The number of aryl methyl sites for hydroxylation is 1. The molecule has 1 amide bonds. The second-order valence-electron chi connectivity index (χ2n) is 7.09. The molecule has 4 heteroatoms. The van der Waals surface area contributed by atoms with Gasteiger partial charge in [0.2, 0.25) is 5.91 Å². The van der Waals surface area contributed by atoms with Crippen LogP contribution >= 0.6 is 0 Å². The third-order valence-corrected chi connectivity index (χ3v) is 5.25. The van der Waals surface area contributed by atoms with Gasteiger partial charge >= 0.3 is 0 Å². The van der Waals surface area contributed by atoms with Crippen LogP contribution in [0.2, 0.25) is 0 Å². The fourth-order valence-corrected chi connectivity index (χ4v) is 3.74. The van der Waals surface area contributed by atoms with Crippen molar-refractivity contribution in [1.82, 2.24) is 9.80 Å². The van der Waals surface area contributed by atoms with Gasteiger partial charge in [0.1, 0.15) is 0 Å². The maximum atomic E-state index is 12.5. The number of anilines is 1. The van der Waals surface area contributed by atoms with Crippen molar-refractivity contribution in [2.75, 3.05) is 45.2 Å². The molecular weight excluding hydrogens is 286 g/mol. The number of amides is 1. The zero-order valence-corrected chi connectivity index (χ0v) is 14.5. The van der Waals surface area contributed by atoms with E-state index in [4.69, 9.17) is 0 Å². The average molecular weight is 315 g/mol. The SMILES string of the molecule is CN(C)c1ccc(CCC(=O)N2CCC(N3CCCC3)C2)cc1. The molecule has 1 aromatic carbocycles. The molecule has 126 valence electrons. The summed E-state index contributed by atoms with van der Waals surface area (Å²) in [6, 6.07) is 9.14. The Kier molecular flexibility index (Phi) is 5.21. The minimum absolute atomic E-state index is 0.323. The van der Waals surface area contributed by atoms with Crippen molar-refractivity contribution >= 4 is 11.6 Å². The molecule has 4 nitrogen and oxygen atoms in total. The van der Waals surface area contributed by atoms with Crippen LogP contribution in [0.5, 0.6) is 0 Å². The molecule has 23 heavy (non-hydrogen) atoms. The molecule has 2 heterocycles. The molecule has 0 N–H and O–H groups in total. The molecule has 3 rings (SSSR count). The minimum atomic E-state index is 0.323. The number of carbonyl (C=O) groups is 1. The lowest BCUT2D eigenvalue weighted by Gasteiger charge is -2.23. The lowest BCUT2D eigenvalue weighted by Crippen LogP contribution is -2.37. The van der Waals surface area contributed by atoms with E-state index in [1.165, 1.54) is 37.2 Å². The monoisotopic (exact) mass is 315 g/mol. The zero-order valence-electron chi connectivity index (χ0n) is 14.5. The van der Waals surface area contributed by atoms with Crippen LogP contribution in [0.3, 0.4) is 0 Å². The second-order valence-corrected chi connectivity index (χ2v) is 7.09. The first-order valence-electron chi connectivity index (χ1n) is 8.91. The first-order chi connectivity index (χ1) is 11.1. The Morgan fingerprint density at radius 1 is 1.13 bits per heavy atom. The summed E-state index contributed by atoms with van der Waals surface area (Å²) in [5, 5.41) is 0. The summed E-state index contributed by atoms with van der Waals surface area (Å²) in [5.41, 5.74) is 2.45. The predicted octanol–water partition coefficient (Wildman–Crippen LogP) is 2.38. The van der Waals surface area contributed by atoms with Gasteiger partial charge in [-0.15, -0.1) is 0 Å². The van der Waals surface area contributed by atoms with E-state index in [1.807, 2.05) is 14.1 Å². The summed E-state index contributed by atoms with van der Waals surface area (Å²) in [6.07, 6.45) is 5.29. The van der Waals surface area contributed by atoms with Gasteiger partial charge in [0.15, 0.2) is 0 Å². The highest BCUT2D eigenvalue weighted by Gasteiger charge is 2.31. The quantitative estimate of drug-likeness (QED) is 0.835. The van der Waals surface area contributed by atoms with Gasteiger partial charge in [-0.05, 0) is 56.5 Å². The Hall–Kier alpha value is -1.55. The van der Waals surface area contributed by atoms with E-state index in [-0.39, 0.29) is 0 Å². The van der Waals surface area contributed by atoms with Crippen molar-refractivity contribution in [3.63, 3.8) is 0 Å². The summed E-state index contributed by atoms with van der Waals surface area (Å²) in [6.45, 7) is 4.34. The molecule has 0 aliphatic carbocycles. The van der Waals surface area contributed by atoms with Crippen LogP contribution < -0.4 is 4.90 Å². The molecule has 0 aromatic heterocycles. The molecule has 0 bridgehead atoms. The lowest BCUT2D eigenvalue weighted by molar-refractivity contribution is -0.130.